The first-order chi connectivity index (χ1) is 3.52. The van der Waals surface area contributed by atoms with Crippen LogP contribution in [0.1, 0.15) is 27.2 Å². The molecular formula is C7H14O. The van der Waals surface area contributed by atoms with E-state index in [0.717, 1.165) is 6.42 Å². The van der Waals surface area contributed by atoms with Crippen LogP contribution in [-0.4, -0.2) is 11.2 Å². The quantitative estimate of drug-likeness (QED) is 0.505. The molecule has 1 fully saturated rings. The molecule has 0 unspecified atom stereocenters. The molecule has 1 N–H and O–H groups in total. The van der Waals surface area contributed by atoms with E-state index in [1.807, 2.05) is 0 Å². The van der Waals surface area contributed by atoms with Gasteiger partial charge < -0.3 is 5.11 Å². The van der Waals surface area contributed by atoms with Crippen molar-refractivity contribution in [1.82, 2.24) is 0 Å². The minimum atomic E-state index is 0.00926. The van der Waals surface area contributed by atoms with E-state index in [1.165, 1.54) is 0 Å². The van der Waals surface area contributed by atoms with E-state index < -0.39 is 0 Å². The Morgan fingerprint density at radius 3 is 1.75 bits per heavy atom. The third-order valence-electron chi connectivity index (χ3n) is 1.87. The summed E-state index contributed by atoms with van der Waals surface area (Å²) in [6, 6.07) is 0. The highest BCUT2D eigenvalue weighted by molar-refractivity contribution is 4.93. The molecule has 48 valence electrons. The molecule has 0 saturated heterocycles. The molecule has 0 spiro atoms. The first-order valence-corrected chi connectivity index (χ1v) is 3.20. The molecule has 1 rings (SSSR count). The van der Waals surface area contributed by atoms with Crippen LogP contribution in [0, 0.1) is 11.3 Å². The van der Waals surface area contributed by atoms with Crippen molar-refractivity contribution in [2.75, 3.05) is 0 Å². The lowest BCUT2D eigenvalue weighted by molar-refractivity contribution is 0.211. The summed E-state index contributed by atoms with van der Waals surface area (Å²) in [7, 11) is 0. The van der Waals surface area contributed by atoms with Gasteiger partial charge in [-0.3, -0.25) is 0 Å². The molecule has 1 aliphatic carbocycles. The fourth-order valence-electron chi connectivity index (χ4n) is 1.11. The number of aliphatic hydroxyl groups excluding tert-OH is 1. The highest BCUT2D eigenvalue weighted by atomic mass is 16.3. The predicted molar refractivity (Wildman–Crippen MR) is 33.6 cm³/mol. The molecular weight excluding hydrogens is 100 g/mol. The molecule has 0 aromatic heterocycles. The van der Waals surface area contributed by atoms with Crippen LogP contribution in [0.5, 0.6) is 0 Å². The predicted octanol–water partition coefficient (Wildman–Crippen LogP) is 1.41. The Morgan fingerprint density at radius 2 is 1.75 bits per heavy atom. The average molecular weight is 114 g/mol. The lowest BCUT2D eigenvalue weighted by Crippen LogP contribution is -2.10. The molecule has 1 saturated carbocycles. The van der Waals surface area contributed by atoms with E-state index in [9.17, 15) is 0 Å². The summed E-state index contributed by atoms with van der Waals surface area (Å²) >= 11 is 0. The van der Waals surface area contributed by atoms with E-state index in [0.29, 0.717) is 11.3 Å². The van der Waals surface area contributed by atoms with Crippen LogP contribution in [0.3, 0.4) is 0 Å². The standard InChI is InChI=1S/C7H14O/c1-7(2,3)5-4-6(5)8/h5-6,8H,4H2,1-3H3/t5-,6+/m0/s1. The highest BCUT2D eigenvalue weighted by Crippen LogP contribution is 2.44. The van der Waals surface area contributed by atoms with Gasteiger partial charge in [0, 0.05) is 0 Å². The highest BCUT2D eigenvalue weighted by Gasteiger charge is 2.43. The molecule has 0 aliphatic heterocycles. The van der Waals surface area contributed by atoms with Crippen LogP contribution in [0.2, 0.25) is 0 Å². The third kappa shape index (κ3) is 1.03. The van der Waals surface area contributed by atoms with Crippen molar-refractivity contribution in [2.24, 2.45) is 11.3 Å². The van der Waals surface area contributed by atoms with Gasteiger partial charge >= 0.3 is 0 Å². The molecule has 0 heterocycles. The Kier molecular flexibility index (Phi) is 1.12. The van der Waals surface area contributed by atoms with Gasteiger partial charge in [-0.15, -0.1) is 0 Å². The van der Waals surface area contributed by atoms with Crippen LogP contribution in [0.4, 0.5) is 0 Å². The maximum Gasteiger partial charge on any atom is 0.0578 e. The van der Waals surface area contributed by atoms with E-state index in [1.54, 1.807) is 0 Å². The van der Waals surface area contributed by atoms with Crippen molar-refractivity contribution in [3.05, 3.63) is 0 Å². The maximum atomic E-state index is 8.96. The molecule has 0 radical (unpaired) electrons. The van der Waals surface area contributed by atoms with E-state index in [2.05, 4.69) is 20.8 Å². The van der Waals surface area contributed by atoms with Crippen molar-refractivity contribution in [3.63, 3.8) is 0 Å². The second-order valence-electron chi connectivity index (χ2n) is 3.78. The van der Waals surface area contributed by atoms with E-state index >= 15 is 0 Å². The van der Waals surface area contributed by atoms with Gasteiger partial charge in [-0.25, -0.2) is 0 Å². The van der Waals surface area contributed by atoms with Crippen LogP contribution in [-0.2, 0) is 0 Å². The zero-order valence-corrected chi connectivity index (χ0v) is 5.81. The largest absolute Gasteiger partial charge is 0.393 e. The summed E-state index contributed by atoms with van der Waals surface area (Å²) in [6.45, 7) is 6.52. The van der Waals surface area contributed by atoms with Gasteiger partial charge in [0.05, 0.1) is 6.10 Å². The first-order valence-electron chi connectivity index (χ1n) is 3.20. The van der Waals surface area contributed by atoms with Crippen LogP contribution >= 0.6 is 0 Å². The second-order valence-corrected chi connectivity index (χ2v) is 3.78. The van der Waals surface area contributed by atoms with Crippen molar-refractivity contribution in [1.29, 1.82) is 0 Å². The van der Waals surface area contributed by atoms with Gasteiger partial charge in [-0.05, 0) is 17.8 Å². The first kappa shape index (κ1) is 6.09. The van der Waals surface area contributed by atoms with Gasteiger partial charge in [0.25, 0.3) is 0 Å². The van der Waals surface area contributed by atoms with Crippen LogP contribution in [0.15, 0.2) is 0 Å². The summed E-state index contributed by atoms with van der Waals surface area (Å²) in [5, 5.41) is 8.96. The molecule has 0 bridgehead atoms. The fraction of sp³-hybridized carbons (Fsp3) is 1.00. The molecule has 1 aliphatic rings. The van der Waals surface area contributed by atoms with E-state index in [4.69, 9.17) is 5.11 Å². The Bertz CT molecular complexity index is 91.1. The Balaban J connectivity index is 2.39. The zero-order valence-electron chi connectivity index (χ0n) is 5.81. The zero-order chi connectivity index (χ0) is 6.36. The molecule has 0 aromatic rings. The molecule has 1 heteroatoms. The van der Waals surface area contributed by atoms with Crippen LogP contribution < -0.4 is 0 Å². The van der Waals surface area contributed by atoms with Crippen molar-refractivity contribution in [3.8, 4) is 0 Å². The Morgan fingerprint density at radius 1 is 1.38 bits per heavy atom. The smallest absolute Gasteiger partial charge is 0.0578 e. The van der Waals surface area contributed by atoms with Crippen LogP contribution in [0.25, 0.3) is 0 Å². The van der Waals surface area contributed by atoms with Crippen molar-refractivity contribution >= 4 is 0 Å². The second kappa shape index (κ2) is 1.47. The van der Waals surface area contributed by atoms with E-state index in [-0.39, 0.29) is 6.10 Å². The summed E-state index contributed by atoms with van der Waals surface area (Å²) in [6.07, 6.45) is 1.03. The molecule has 1 nitrogen and oxygen atoms in total. The SMILES string of the molecule is CC(C)(C)[C@H]1C[C@H]1O. The number of hydrogen-bond acceptors (Lipinski definition) is 1. The van der Waals surface area contributed by atoms with Gasteiger partial charge in [-0.2, -0.15) is 0 Å². The monoisotopic (exact) mass is 114 g/mol. The lowest BCUT2D eigenvalue weighted by Gasteiger charge is -2.16. The molecule has 0 aromatic carbocycles. The molecule has 2 atom stereocenters. The van der Waals surface area contributed by atoms with Crippen molar-refractivity contribution < 1.29 is 5.11 Å². The van der Waals surface area contributed by atoms with Gasteiger partial charge in [0.15, 0.2) is 0 Å². The summed E-state index contributed by atoms with van der Waals surface area (Å²) in [5.41, 5.74) is 0.333. The number of rotatable bonds is 0. The van der Waals surface area contributed by atoms with Crippen molar-refractivity contribution in [2.45, 2.75) is 33.3 Å². The normalized spacial score (nSPS) is 37.5. The third-order valence-corrected chi connectivity index (χ3v) is 1.87. The average Bonchev–Trinajstić information content (AvgIpc) is 2.13. The minimum absolute atomic E-state index is 0.00926. The fourth-order valence-corrected chi connectivity index (χ4v) is 1.11. The summed E-state index contributed by atoms with van der Waals surface area (Å²) in [4.78, 5) is 0. The van der Waals surface area contributed by atoms with Gasteiger partial charge in [0.2, 0.25) is 0 Å². The number of aliphatic hydroxyl groups is 1. The van der Waals surface area contributed by atoms with Gasteiger partial charge in [-0.1, -0.05) is 20.8 Å². The maximum absolute atomic E-state index is 8.96. The topological polar surface area (TPSA) is 20.2 Å². The summed E-state index contributed by atoms with van der Waals surface area (Å²) < 4.78 is 0. The Labute approximate surface area is 50.7 Å². The summed E-state index contributed by atoms with van der Waals surface area (Å²) in [5.74, 6) is 0.572. The number of hydrogen-bond donors (Lipinski definition) is 1. The van der Waals surface area contributed by atoms with Gasteiger partial charge in [0.1, 0.15) is 0 Å². The molecule has 8 heavy (non-hydrogen) atoms. The lowest BCUT2D eigenvalue weighted by atomic mass is 9.90. The Hall–Kier alpha value is -0.0400. The molecule has 0 amide bonds. The minimum Gasteiger partial charge on any atom is -0.393 e.